The Morgan fingerprint density at radius 3 is 0.638 bits per heavy atom. The second-order valence-electron chi connectivity index (χ2n) is 10.7. The molecular weight excluding hydrogens is 882 g/mol. The van der Waals surface area contributed by atoms with Crippen molar-refractivity contribution in [3.05, 3.63) is 132 Å². The van der Waals surface area contributed by atoms with Crippen molar-refractivity contribution in [2.24, 2.45) is 0 Å². The zero-order valence-electron chi connectivity index (χ0n) is 25.8. The fourth-order valence-electron chi connectivity index (χ4n) is 5.09. The van der Waals surface area contributed by atoms with Gasteiger partial charge in [0.25, 0.3) is 0 Å². The highest BCUT2D eigenvalue weighted by atomic mass is 19.4. The van der Waals surface area contributed by atoms with E-state index in [9.17, 15) is 65.9 Å². The third-order valence-electron chi connectivity index (χ3n) is 7.34. The lowest BCUT2D eigenvalue weighted by molar-refractivity contribution is -0.144. The summed E-state index contributed by atoms with van der Waals surface area (Å²) in [6.07, 6.45) is -20.1. The Balaban J connectivity index is 2.67. The molecule has 0 aromatic heterocycles. The quantitative estimate of drug-likeness (QED) is 0.0878. The van der Waals surface area contributed by atoms with Crippen molar-refractivity contribution in [2.45, 2.75) is 18.5 Å². The van der Waals surface area contributed by atoms with Crippen LogP contribution >= 0.6 is 0 Å². The Morgan fingerprint density at radius 2 is 0.483 bits per heavy atom. The van der Waals surface area contributed by atoms with Crippen molar-refractivity contribution in [3.63, 3.8) is 0 Å². The maximum atomic E-state index is 15.7. The third-order valence-corrected chi connectivity index (χ3v) is 7.34. The summed E-state index contributed by atoms with van der Waals surface area (Å²) < 4.78 is 369. The van der Waals surface area contributed by atoms with E-state index in [1.807, 2.05) is 0 Å². The maximum Gasteiger partial charge on any atom is 0.707 e. The highest BCUT2D eigenvalue weighted by molar-refractivity contribution is 6.33. The van der Waals surface area contributed by atoms with Gasteiger partial charge in [-0.3, -0.25) is 0 Å². The molecule has 0 amide bonds. The van der Waals surface area contributed by atoms with Gasteiger partial charge in [0.15, 0.2) is 87.2 Å². The van der Waals surface area contributed by atoms with Crippen LogP contribution < -0.4 is 4.65 Å². The van der Waals surface area contributed by atoms with Gasteiger partial charge in [-0.2, -0.15) is 48.3 Å². The molecule has 0 unspecified atom stereocenters. The molecule has 0 aliphatic rings. The van der Waals surface area contributed by atoms with Gasteiger partial charge in [-0.1, -0.05) is 0 Å². The largest absolute Gasteiger partial charge is 0.707 e. The summed E-state index contributed by atoms with van der Waals surface area (Å²) in [5, 5.41) is 17.6. The molecule has 0 aliphatic heterocycles. The number of hydrogen-bond donors (Lipinski definition) is 2. The maximum absolute atomic E-state index is 15.7. The Morgan fingerprint density at radius 1 is 0.310 bits per heavy atom. The Hall–Kier alpha value is -5.35. The van der Waals surface area contributed by atoms with Crippen LogP contribution in [0.3, 0.4) is 0 Å². The van der Waals surface area contributed by atoms with E-state index in [4.69, 9.17) is 10.0 Å². The zero-order valence-corrected chi connectivity index (χ0v) is 25.8. The molecule has 2 N–H and O–H groups in total. The average Bonchev–Trinajstić information content (AvgIpc) is 3.07. The highest BCUT2D eigenvalue weighted by Gasteiger charge is 2.49. The molecule has 58 heavy (non-hydrogen) atoms. The van der Waals surface area contributed by atoms with Gasteiger partial charge in [0, 0.05) is 11.1 Å². The molecule has 0 aliphatic carbocycles. The predicted molar refractivity (Wildman–Crippen MR) is 136 cm³/mol. The summed E-state index contributed by atoms with van der Waals surface area (Å²) >= 11 is 0. The number of halogens is 25. The van der Waals surface area contributed by atoms with Gasteiger partial charge in [0.2, 0.25) is 11.6 Å². The second kappa shape index (κ2) is 14.8. The summed E-state index contributed by atoms with van der Waals surface area (Å²) in [6, 6.07) is 0. The number of benzene rings is 4. The van der Waals surface area contributed by atoms with Crippen molar-refractivity contribution < 1.29 is 124 Å². The molecule has 4 aromatic rings. The zero-order chi connectivity index (χ0) is 44.8. The molecule has 0 spiro atoms. The number of alkyl halides is 9. The van der Waals surface area contributed by atoms with Crippen LogP contribution in [-0.4, -0.2) is 17.4 Å². The van der Waals surface area contributed by atoms with Crippen molar-refractivity contribution in [2.75, 3.05) is 0 Å². The molecule has 4 aromatic carbocycles. The molecule has 0 heterocycles. The van der Waals surface area contributed by atoms with Gasteiger partial charge in [0.05, 0.1) is 22.3 Å². The monoisotopic (exact) mass is 884 g/mol. The topological polar surface area (TPSA) is 49.7 Å². The molecule has 29 heteroatoms. The SMILES string of the molecule is OB(O)Oc1c(F)c(F)c(C(=C(c2c(F)c(F)c(C(F)(F)F)c(F)c2F)c2c(F)c(F)c(C(F)(F)F)c(F)c2F)c2c(F)c(F)c(C(F)(F)F)c(F)c2F)c(F)c1F. The first-order valence-electron chi connectivity index (χ1n) is 13.7. The van der Waals surface area contributed by atoms with Crippen LogP contribution in [-0.2, 0) is 18.5 Å². The van der Waals surface area contributed by atoms with E-state index in [0.717, 1.165) is 0 Å². The summed E-state index contributed by atoms with van der Waals surface area (Å²) in [5.41, 5.74) is -33.8. The Labute approximate surface area is 300 Å². The minimum atomic E-state index is -6.69. The molecule has 0 atom stereocenters. The second-order valence-corrected chi connectivity index (χ2v) is 10.7. The van der Waals surface area contributed by atoms with Gasteiger partial charge in [0.1, 0.15) is 16.7 Å². The van der Waals surface area contributed by atoms with Gasteiger partial charge in [-0.15, -0.1) is 0 Å². The smallest absolute Gasteiger partial charge is 0.507 e. The van der Waals surface area contributed by atoms with E-state index in [1.54, 1.807) is 0 Å². The lowest BCUT2D eigenvalue weighted by atomic mass is 9.82. The first-order valence-corrected chi connectivity index (χ1v) is 13.7. The van der Waals surface area contributed by atoms with Crippen molar-refractivity contribution in [1.82, 2.24) is 0 Å². The van der Waals surface area contributed by atoms with Crippen LogP contribution in [0.5, 0.6) is 5.75 Å². The van der Waals surface area contributed by atoms with Crippen molar-refractivity contribution in [1.29, 1.82) is 0 Å². The predicted octanol–water partition coefficient (Wildman–Crippen LogP) is 10.3. The van der Waals surface area contributed by atoms with Crippen LogP contribution in [0.1, 0.15) is 38.9 Å². The first-order chi connectivity index (χ1) is 26.2. The van der Waals surface area contributed by atoms with Crippen molar-refractivity contribution >= 4 is 18.5 Å². The molecule has 0 saturated heterocycles. The van der Waals surface area contributed by atoms with E-state index in [1.165, 1.54) is 0 Å². The minimum absolute atomic E-state index is 2.83. The summed E-state index contributed by atoms with van der Waals surface area (Å²) in [7, 11) is -3.60. The van der Waals surface area contributed by atoms with Gasteiger partial charge in [-0.05, 0) is 0 Å². The van der Waals surface area contributed by atoms with E-state index in [-0.39, 0.29) is 0 Å². The van der Waals surface area contributed by atoms with Crippen LogP contribution in [0.2, 0.25) is 0 Å². The first kappa shape index (κ1) is 45.4. The molecule has 3 nitrogen and oxygen atoms in total. The van der Waals surface area contributed by atoms with E-state index >= 15 is 43.9 Å². The molecule has 4 rings (SSSR count). The number of rotatable bonds is 6. The van der Waals surface area contributed by atoms with Crippen LogP contribution in [0.25, 0.3) is 11.1 Å². The van der Waals surface area contributed by atoms with Gasteiger partial charge in [-0.25, -0.2) is 61.5 Å². The summed E-state index contributed by atoms with van der Waals surface area (Å²) in [4.78, 5) is 0. The third kappa shape index (κ3) is 7.10. The normalized spacial score (nSPS) is 12.4. The minimum Gasteiger partial charge on any atom is -0.507 e. The van der Waals surface area contributed by atoms with Crippen LogP contribution in [0.4, 0.5) is 110 Å². The molecular formula is C29H2BF25O3. The number of hydrogen-bond acceptors (Lipinski definition) is 3. The summed E-state index contributed by atoms with van der Waals surface area (Å²) in [6.45, 7) is 0. The van der Waals surface area contributed by atoms with Crippen LogP contribution in [0, 0.1) is 93.1 Å². The van der Waals surface area contributed by atoms with Gasteiger partial charge < -0.3 is 14.7 Å². The lowest BCUT2D eigenvalue weighted by Crippen LogP contribution is -2.24. The van der Waals surface area contributed by atoms with Crippen molar-refractivity contribution in [3.8, 4) is 5.75 Å². The fraction of sp³-hybridized carbons (Fsp3) is 0.103. The molecule has 314 valence electrons. The highest BCUT2D eigenvalue weighted by Crippen LogP contribution is 2.51. The van der Waals surface area contributed by atoms with Gasteiger partial charge >= 0.3 is 25.9 Å². The Kier molecular flexibility index (Phi) is 11.6. The molecule has 0 fully saturated rings. The molecule has 0 bridgehead atoms. The fourth-order valence-corrected chi connectivity index (χ4v) is 5.09. The standard InChI is InChI=1S/C29H2BF25O3/c31-10-3(11(32)19(40)7(18(10)39)27(47,48)49)1(4-12(33)20(41)8(28(50,51)52)21(42)13(4)34)2(5-14(35)22(43)9(29(53,54)55)23(44)15(5)36)6-16(37)24(45)26(58-30(56)57)25(46)17(6)38/h56-57H. The lowest BCUT2D eigenvalue weighted by Gasteiger charge is -2.24. The molecule has 0 radical (unpaired) electrons. The van der Waals surface area contributed by atoms with E-state index < -0.39 is 175 Å². The van der Waals surface area contributed by atoms with E-state index in [2.05, 4.69) is 4.65 Å². The van der Waals surface area contributed by atoms with E-state index in [0.29, 0.717) is 0 Å². The molecule has 0 saturated carbocycles. The average molecular weight is 884 g/mol. The summed E-state index contributed by atoms with van der Waals surface area (Å²) in [5.74, 6) is -65.2. The van der Waals surface area contributed by atoms with Crippen LogP contribution in [0.15, 0.2) is 0 Å². The Bertz CT molecular complexity index is 2230.